The molecule has 84 heavy (non-hydrogen) atoms. The number of carbonyl (C=O) groups excluding carboxylic acids is 2. The minimum Gasteiger partial charge on any atom is -0.479 e. The number of aldehydes is 1. The van der Waals surface area contributed by atoms with Gasteiger partial charge in [-0.3, -0.25) is 0 Å². The van der Waals surface area contributed by atoms with E-state index in [1.807, 2.05) is 0 Å². The molecule has 4 aliphatic heterocycles. The van der Waals surface area contributed by atoms with Crippen molar-refractivity contribution in [3.8, 4) is 0 Å². The van der Waals surface area contributed by atoms with Crippen LogP contribution in [0.1, 0.15) is 107 Å². The Hall–Kier alpha value is -2.75. The van der Waals surface area contributed by atoms with Crippen LogP contribution < -0.4 is 0 Å². The normalized spacial score (nSPS) is 52.1. The summed E-state index contributed by atoms with van der Waals surface area (Å²) in [6, 6.07) is 0. The van der Waals surface area contributed by atoms with Gasteiger partial charge in [-0.1, -0.05) is 59.3 Å². The summed E-state index contributed by atoms with van der Waals surface area (Å²) in [5.74, 6) is -3.21. The lowest BCUT2D eigenvalue weighted by Gasteiger charge is -2.72. The van der Waals surface area contributed by atoms with E-state index >= 15 is 0 Å². The summed E-state index contributed by atoms with van der Waals surface area (Å²) in [7, 11) is 0. The first kappa shape index (κ1) is 65.7. The van der Waals surface area contributed by atoms with Gasteiger partial charge in [0.25, 0.3) is 0 Å². The highest BCUT2D eigenvalue weighted by molar-refractivity contribution is 5.87. The van der Waals surface area contributed by atoms with E-state index in [1.165, 1.54) is 0 Å². The predicted molar refractivity (Wildman–Crippen MR) is 284 cm³/mol. The third-order valence-electron chi connectivity index (χ3n) is 22.1. The Kier molecular flexibility index (Phi) is 18.9. The highest BCUT2D eigenvalue weighted by Gasteiger charge is 2.73. The van der Waals surface area contributed by atoms with Crippen LogP contribution in [0.2, 0.25) is 0 Å². The van der Waals surface area contributed by atoms with Crippen molar-refractivity contribution in [3.63, 3.8) is 0 Å². The number of esters is 1. The van der Waals surface area contributed by atoms with E-state index in [0.717, 1.165) is 11.9 Å². The van der Waals surface area contributed by atoms with Crippen LogP contribution in [0.4, 0.5) is 0 Å². The van der Waals surface area contributed by atoms with Crippen molar-refractivity contribution in [3.05, 3.63) is 23.3 Å². The molecule has 0 aromatic rings. The second-order valence-corrected chi connectivity index (χ2v) is 27.1. The largest absolute Gasteiger partial charge is 0.479 e. The molecular weight excluding hydrogens is 1110 g/mol. The van der Waals surface area contributed by atoms with Gasteiger partial charge in [-0.25, -0.2) is 9.59 Å². The molecule has 0 unspecified atom stereocenters. The van der Waals surface area contributed by atoms with E-state index in [-0.39, 0.29) is 23.7 Å². The number of allylic oxidation sites excluding steroid dienone is 3. The summed E-state index contributed by atoms with van der Waals surface area (Å²) < 4.78 is 54.8. The first-order valence-corrected chi connectivity index (χ1v) is 29.4. The average molecular weight is 1200 g/mol. The quantitative estimate of drug-likeness (QED) is 0.0272. The molecule has 8 fully saturated rings. The number of aliphatic hydroxyl groups is 13. The second kappa shape index (κ2) is 24.2. The average Bonchev–Trinajstić information content (AvgIpc) is 0.684. The summed E-state index contributed by atoms with van der Waals surface area (Å²) >= 11 is 0. The topological polar surface area (TPSA) is 418 Å². The van der Waals surface area contributed by atoms with Gasteiger partial charge in [-0.05, 0) is 105 Å². The molecule has 0 bridgehead atoms. The molecule has 4 saturated heterocycles. The van der Waals surface area contributed by atoms with Crippen molar-refractivity contribution in [2.24, 2.45) is 50.2 Å². The van der Waals surface area contributed by atoms with Gasteiger partial charge in [0.2, 0.25) is 0 Å². The number of fused-ring (bicyclic) bond motifs is 7. The van der Waals surface area contributed by atoms with Gasteiger partial charge in [0.1, 0.15) is 97.8 Å². The number of ether oxygens (including phenoxy) is 9. The van der Waals surface area contributed by atoms with Crippen molar-refractivity contribution < 1.29 is 129 Å². The molecule has 4 heterocycles. The maximum atomic E-state index is 14.2. The van der Waals surface area contributed by atoms with E-state index in [4.69, 9.17) is 42.6 Å². The summed E-state index contributed by atoms with van der Waals surface area (Å²) in [5.41, 5.74) is -3.21. The summed E-state index contributed by atoms with van der Waals surface area (Å²) in [6.07, 6.45) is -32.1. The molecule has 9 aliphatic rings. The molecule has 26 nitrogen and oxygen atoms in total. The smallest absolute Gasteiger partial charge is 0.335 e. The van der Waals surface area contributed by atoms with Gasteiger partial charge in [-0.15, -0.1) is 0 Å². The molecule has 0 aromatic carbocycles. The second-order valence-electron chi connectivity index (χ2n) is 27.1. The van der Waals surface area contributed by atoms with E-state index in [0.29, 0.717) is 50.5 Å². The van der Waals surface area contributed by atoms with E-state index in [9.17, 15) is 85.9 Å². The molecular formula is C58H90O26. The van der Waals surface area contributed by atoms with E-state index < -0.39 is 206 Å². The van der Waals surface area contributed by atoms with Gasteiger partial charge in [0.05, 0.1) is 49.5 Å². The summed E-state index contributed by atoms with van der Waals surface area (Å²) in [6.45, 7) is 13.1. The molecule has 5 aliphatic carbocycles. The molecule has 0 radical (unpaired) electrons. The fourth-order valence-electron chi connectivity index (χ4n) is 16.9. The monoisotopic (exact) mass is 1200 g/mol. The highest BCUT2D eigenvalue weighted by Crippen LogP contribution is 2.76. The number of rotatable bonds is 15. The van der Waals surface area contributed by atoms with Crippen LogP contribution >= 0.6 is 0 Å². The van der Waals surface area contributed by atoms with Crippen molar-refractivity contribution in [2.45, 2.75) is 242 Å². The fraction of sp³-hybridized carbons (Fsp3) is 0.879. The van der Waals surface area contributed by atoms with Crippen LogP contribution in [-0.4, -0.2) is 251 Å². The minimum atomic E-state index is -2.30. The highest BCUT2D eigenvalue weighted by atomic mass is 16.8. The van der Waals surface area contributed by atoms with E-state index in [2.05, 4.69) is 40.7 Å². The number of hydrogen-bond donors (Lipinski definition) is 14. The predicted octanol–water partition coefficient (Wildman–Crippen LogP) is -2.19. The van der Waals surface area contributed by atoms with Crippen LogP contribution in [0.3, 0.4) is 0 Å². The molecule has 30 atom stereocenters. The maximum Gasteiger partial charge on any atom is 0.335 e. The lowest BCUT2D eigenvalue weighted by molar-refractivity contribution is -0.400. The standard InChI is InChI=1S/C58H90O26/c1-9-24(2)48(75)79-34-18-57(8)25(26-16-53(3,4)17-32(64)58(26,34)23-62)10-11-31-54(5)14-13-33(55(6,22-61)30(54)12-15-56(31,57)7)80-52-46(84-50-41(71)39(69)37(67)29(20-60)78-50)43(42(72)44(82-52)47(73)74)81-51-45(35(65)27(63)21-76-51)83-49-40(70)38(68)36(66)28(19-59)77-49/h9-10,22,26-46,49-52,59-60,62-72H,11-21,23H2,1-8H3,(H,73,74)/b24-9+/t26-,27-,28+,29+,30+,31+,32-,33-,34+,35-,36+,37-,38-,39-,40+,41+,42-,43-,44-,45+,46+,49-,50-,51-,52+,54-,55-,56+,57+,58+/m0/s1. The minimum absolute atomic E-state index is 0.116. The maximum absolute atomic E-state index is 14.2. The lowest BCUT2D eigenvalue weighted by Crippen LogP contribution is -2.70. The Balaban J connectivity index is 1.06. The number of carbonyl (C=O) groups is 3. The van der Waals surface area contributed by atoms with Crippen molar-refractivity contribution in [1.29, 1.82) is 0 Å². The zero-order valence-corrected chi connectivity index (χ0v) is 48.8. The number of carboxylic acids is 1. The molecule has 14 N–H and O–H groups in total. The third-order valence-corrected chi connectivity index (χ3v) is 22.1. The van der Waals surface area contributed by atoms with Gasteiger partial charge in [0, 0.05) is 5.57 Å². The molecule has 478 valence electrons. The van der Waals surface area contributed by atoms with Crippen LogP contribution in [0.25, 0.3) is 0 Å². The van der Waals surface area contributed by atoms with Crippen molar-refractivity contribution in [1.82, 2.24) is 0 Å². The zero-order valence-electron chi connectivity index (χ0n) is 48.8. The summed E-state index contributed by atoms with van der Waals surface area (Å²) in [5, 5.41) is 153. The molecule has 0 amide bonds. The lowest BCUT2D eigenvalue weighted by atomic mass is 9.33. The Labute approximate surface area is 487 Å². The SMILES string of the molecule is C/C=C(\C)C(=O)O[C@@H]1C[C@]2(C)C(=CC[C@@H]3[C@@]4(C)CC[C@H](O[C@@H]5O[C@H](C(=O)O)[C@@H](O)[C@H](O[C@@H]6OC[C@H](O)[C@H](O)[C@H]6O[C@@H]6O[C@H](CO)[C@@H](O)[C@H](O)[C@H]6O)[C@H]5O[C@@H]5O[C@H](CO)[C@H](O)[C@H](O)[C@H]5O)[C@@](C)(C=O)[C@@H]4CC[C@]32C)[C@@H]2CC(C)(C)C[C@H](O)[C@]12CO. The zero-order chi connectivity index (χ0) is 61.7. The van der Waals surface area contributed by atoms with Crippen molar-refractivity contribution >= 4 is 18.2 Å². The molecule has 9 rings (SSSR count). The van der Waals surface area contributed by atoms with Gasteiger partial charge >= 0.3 is 11.9 Å². The number of aliphatic carboxylic acids is 1. The van der Waals surface area contributed by atoms with E-state index in [1.54, 1.807) is 26.8 Å². The van der Waals surface area contributed by atoms with Gasteiger partial charge in [-0.2, -0.15) is 0 Å². The fourth-order valence-corrected chi connectivity index (χ4v) is 16.9. The Bertz CT molecular complexity index is 2440. The molecule has 4 saturated carbocycles. The van der Waals surface area contributed by atoms with Crippen LogP contribution in [-0.2, 0) is 57.0 Å². The Morgan fingerprint density at radius 2 is 1.25 bits per heavy atom. The van der Waals surface area contributed by atoms with Gasteiger partial charge in [0.15, 0.2) is 31.3 Å². The molecule has 26 heteroatoms. The van der Waals surface area contributed by atoms with Crippen LogP contribution in [0.5, 0.6) is 0 Å². The molecule has 0 aromatic heterocycles. The number of carboxylic acid groups (broad SMARTS) is 1. The number of hydrogen-bond acceptors (Lipinski definition) is 25. The first-order valence-electron chi connectivity index (χ1n) is 29.4. The molecule has 0 spiro atoms. The summed E-state index contributed by atoms with van der Waals surface area (Å²) in [4.78, 5) is 41.1. The Morgan fingerprint density at radius 1 is 0.655 bits per heavy atom. The first-order chi connectivity index (χ1) is 39.4. The van der Waals surface area contributed by atoms with Gasteiger partial charge < -0.3 is 119 Å². The Morgan fingerprint density at radius 3 is 1.81 bits per heavy atom. The number of aliphatic hydroxyl groups excluding tert-OH is 13. The van der Waals surface area contributed by atoms with Crippen molar-refractivity contribution in [2.75, 3.05) is 26.4 Å². The third kappa shape index (κ3) is 10.7. The van der Waals surface area contributed by atoms with Crippen LogP contribution in [0.15, 0.2) is 23.3 Å². The van der Waals surface area contributed by atoms with Crippen LogP contribution in [0, 0.1) is 50.2 Å².